The molecule has 44 heavy (non-hydrogen) atoms. The number of thiophene rings is 1. The summed E-state index contributed by atoms with van der Waals surface area (Å²) < 4.78 is 1.64. The number of H-pyrrole nitrogens is 1. The van der Waals surface area contributed by atoms with E-state index >= 15 is 0 Å². The molecular weight excluding hydrogens is 582 g/mol. The quantitative estimate of drug-likeness (QED) is 0.265. The molecule has 2 aliphatic rings. The van der Waals surface area contributed by atoms with Crippen LogP contribution in [0.15, 0.2) is 61.1 Å². The summed E-state index contributed by atoms with van der Waals surface area (Å²) >= 11 is 1.29. The first-order valence-corrected chi connectivity index (χ1v) is 15.3. The van der Waals surface area contributed by atoms with E-state index in [2.05, 4.69) is 36.2 Å². The minimum atomic E-state index is -0.931. The number of hydrogen-bond acceptors (Lipinski definition) is 8. The zero-order chi connectivity index (χ0) is 30.8. The van der Waals surface area contributed by atoms with Gasteiger partial charge in [0.25, 0.3) is 5.91 Å². The van der Waals surface area contributed by atoms with Gasteiger partial charge in [-0.15, -0.1) is 16.4 Å². The van der Waals surface area contributed by atoms with Crippen molar-refractivity contribution in [3.05, 3.63) is 77.2 Å². The van der Waals surface area contributed by atoms with E-state index in [4.69, 9.17) is 0 Å². The molecule has 13 nitrogen and oxygen atoms in total. The molecule has 1 aromatic carbocycles. The van der Waals surface area contributed by atoms with E-state index in [1.165, 1.54) is 11.3 Å². The van der Waals surface area contributed by atoms with Crippen LogP contribution in [0.3, 0.4) is 0 Å². The summed E-state index contributed by atoms with van der Waals surface area (Å²) in [5, 5.41) is 17.1. The lowest BCUT2D eigenvalue weighted by atomic mass is 10.00. The highest BCUT2D eigenvalue weighted by molar-refractivity contribution is 7.17. The Morgan fingerprint density at radius 1 is 1.05 bits per heavy atom. The molecule has 6 rings (SSSR count). The van der Waals surface area contributed by atoms with Crippen LogP contribution in [0.2, 0.25) is 0 Å². The third kappa shape index (κ3) is 6.11. The largest absolute Gasteiger partial charge is 0.349 e. The Morgan fingerprint density at radius 3 is 2.61 bits per heavy atom. The number of rotatable bonds is 5. The van der Waals surface area contributed by atoms with Crippen molar-refractivity contribution < 1.29 is 19.2 Å². The molecule has 0 aliphatic carbocycles. The van der Waals surface area contributed by atoms with Gasteiger partial charge < -0.3 is 25.8 Å². The highest BCUT2D eigenvalue weighted by Gasteiger charge is 2.43. The molecule has 1 saturated heterocycles. The van der Waals surface area contributed by atoms with Crippen molar-refractivity contribution in [3.63, 3.8) is 0 Å². The van der Waals surface area contributed by atoms with Gasteiger partial charge in [0.15, 0.2) is 0 Å². The normalized spacial score (nSPS) is 22.6. The van der Waals surface area contributed by atoms with Gasteiger partial charge in [-0.2, -0.15) is 0 Å². The maximum atomic E-state index is 13.9. The number of carbonyl (C=O) groups excluding carboxylic acids is 4. The summed E-state index contributed by atoms with van der Waals surface area (Å²) in [6.45, 7) is 3.97. The lowest BCUT2D eigenvalue weighted by Gasteiger charge is -2.28. The second kappa shape index (κ2) is 12.4. The number of nitrogens with one attached hydrogen (secondary N) is 4. The van der Waals surface area contributed by atoms with Crippen molar-refractivity contribution in [2.24, 2.45) is 5.92 Å². The van der Waals surface area contributed by atoms with Gasteiger partial charge in [0, 0.05) is 31.8 Å². The lowest BCUT2D eigenvalue weighted by Crippen LogP contribution is -2.58. The van der Waals surface area contributed by atoms with Crippen LogP contribution in [0.5, 0.6) is 0 Å². The SMILES string of the molecule is CC(C)[C@@H]1NC(=O)[C@@H]2C[C@@H](CN2C(=O)c2ccc(-c3ncc[nH]3)s2)n2cc(nn2)CNC(=O)[C@@H](Cc2ccccc2)NC1=O. The van der Waals surface area contributed by atoms with E-state index in [0.29, 0.717) is 16.4 Å². The minimum Gasteiger partial charge on any atom is -0.349 e. The topological polar surface area (TPSA) is 167 Å². The van der Waals surface area contributed by atoms with E-state index < -0.39 is 29.9 Å². The van der Waals surface area contributed by atoms with Gasteiger partial charge in [-0.05, 0) is 23.6 Å². The maximum absolute atomic E-state index is 13.9. The van der Waals surface area contributed by atoms with Crippen molar-refractivity contribution in [1.82, 2.24) is 45.8 Å². The first-order valence-electron chi connectivity index (χ1n) is 14.5. The van der Waals surface area contributed by atoms with Crippen LogP contribution in [-0.2, 0) is 27.3 Å². The molecule has 4 amide bonds. The number of nitrogens with zero attached hydrogens (tertiary/aromatic N) is 5. The Bertz CT molecular complexity index is 1650. The number of hydrogen-bond donors (Lipinski definition) is 4. The first-order chi connectivity index (χ1) is 21.3. The van der Waals surface area contributed by atoms with E-state index in [9.17, 15) is 19.2 Å². The predicted molar refractivity (Wildman–Crippen MR) is 161 cm³/mol. The number of aromatic nitrogens is 5. The fourth-order valence-electron chi connectivity index (χ4n) is 5.58. The molecule has 14 heteroatoms. The summed E-state index contributed by atoms with van der Waals surface area (Å²) in [7, 11) is 0. The van der Waals surface area contributed by atoms with Crippen LogP contribution >= 0.6 is 11.3 Å². The Balaban J connectivity index is 1.30. The molecule has 4 N–H and O–H groups in total. The average Bonchev–Trinajstić information content (AvgIpc) is 3.84. The second-order valence-electron chi connectivity index (χ2n) is 11.4. The molecule has 0 saturated carbocycles. The fraction of sp³-hybridized carbons (Fsp3) is 0.367. The van der Waals surface area contributed by atoms with Crippen LogP contribution in [0, 0.1) is 5.92 Å². The van der Waals surface area contributed by atoms with E-state index in [1.807, 2.05) is 50.2 Å². The molecule has 5 heterocycles. The van der Waals surface area contributed by atoms with Gasteiger partial charge in [-0.25, -0.2) is 9.67 Å². The number of fused-ring (bicyclic) bond motifs is 5. The molecule has 0 spiro atoms. The standard InChI is InChI=1S/C30H33N9O4S/c1-17(2)25-29(42)34-21(12-18-6-4-3-5-7-18)27(40)33-14-19-15-39(37-36-19)20-13-22(28(41)35-25)38(16-20)30(43)24-9-8-23(44-24)26-31-10-11-32-26/h3-11,15,17,20-22,25H,12-14,16H2,1-2H3,(H,31,32)(H,33,40)(H,34,42)(H,35,41)/t20-,21+,22-,25-/m0/s1. The van der Waals surface area contributed by atoms with Crippen LogP contribution in [0.1, 0.15) is 47.2 Å². The van der Waals surface area contributed by atoms with Crippen LogP contribution in [-0.4, -0.2) is 78.2 Å². The number of benzene rings is 1. The minimum absolute atomic E-state index is 0.105. The van der Waals surface area contributed by atoms with Crippen molar-refractivity contribution >= 4 is 35.0 Å². The predicted octanol–water partition coefficient (Wildman–Crippen LogP) is 1.68. The van der Waals surface area contributed by atoms with Gasteiger partial charge >= 0.3 is 0 Å². The van der Waals surface area contributed by atoms with Crippen molar-refractivity contribution in [2.75, 3.05) is 6.54 Å². The molecule has 1 fully saturated rings. The second-order valence-corrected chi connectivity index (χ2v) is 12.4. The van der Waals surface area contributed by atoms with E-state index in [-0.39, 0.29) is 49.7 Å². The number of carbonyl (C=O) groups is 4. The van der Waals surface area contributed by atoms with Gasteiger partial charge in [0.1, 0.15) is 29.6 Å². The lowest BCUT2D eigenvalue weighted by molar-refractivity contribution is -0.134. The maximum Gasteiger partial charge on any atom is 0.264 e. The molecule has 4 aromatic rings. The first kappa shape index (κ1) is 29.2. The highest BCUT2D eigenvalue weighted by Crippen LogP contribution is 2.32. The summed E-state index contributed by atoms with van der Waals surface area (Å²) in [6.07, 6.45) is 5.62. The van der Waals surface area contributed by atoms with Gasteiger partial charge in [-0.3, -0.25) is 19.2 Å². The Hall–Kier alpha value is -4.85. The number of aromatic amines is 1. The van der Waals surface area contributed by atoms with Crippen LogP contribution in [0.4, 0.5) is 0 Å². The number of likely N-dealkylation sites (tertiary alicyclic amines) is 1. The summed E-state index contributed by atoms with van der Waals surface area (Å²) in [4.78, 5) is 64.8. The molecule has 4 atom stereocenters. The zero-order valence-corrected chi connectivity index (χ0v) is 25.1. The molecule has 4 bridgehead atoms. The fourth-order valence-corrected chi connectivity index (χ4v) is 6.50. The molecular formula is C30H33N9O4S. The number of imidazole rings is 1. The van der Waals surface area contributed by atoms with Gasteiger partial charge in [0.05, 0.1) is 28.5 Å². The molecule has 3 aromatic heterocycles. The Labute approximate surface area is 257 Å². The summed E-state index contributed by atoms with van der Waals surface area (Å²) in [5.41, 5.74) is 1.39. The average molecular weight is 616 g/mol. The third-order valence-electron chi connectivity index (χ3n) is 7.93. The third-order valence-corrected chi connectivity index (χ3v) is 9.01. The molecule has 0 unspecified atom stereocenters. The van der Waals surface area contributed by atoms with E-state index in [1.54, 1.807) is 34.2 Å². The monoisotopic (exact) mass is 615 g/mol. The van der Waals surface area contributed by atoms with Gasteiger partial charge in [-0.1, -0.05) is 49.4 Å². The Kier molecular flexibility index (Phi) is 8.24. The summed E-state index contributed by atoms with van der Waals surface area (Å²) in [6, 6.07) is 9.93. The summed E-state index contributed by atoms with van der Waals surface area (Å²) in [5.74, 6) is -1.22. The van der Waals surface area contributed by atoms with Crippen LogP contribution < -0.4 is 16.0 Å². The smallest absolute Gasteiger partial charge is 0.264 e. The molecule has 2 aliphatic heterocycles. The van der Waals surface area contributed by atoms with Crippen molar-refractivity contribution in [1.29, 1.82) is 0 Å². The zero-order valence-electron chi connectivity index (χ0n) is 24.3. The van der Waals surface area contributed by atoms with Crippen LogP contribution in [0.25, 0.3) is 10.7 Å². The van der Waals surface area contributed by atoms with Crippen molar-refractivity contribution in [3.8, 4) is 10.7 Å². The van der Waals surface area contributed by atoms with Gasteiger partial charge in [0.2, 0.25) is 17.7 Å². The Morgan fingerprint density at radius 2 is 1.86 bits per heavy atom. The highest BCUT2D eigenvalue weighted by atomic mass is 32.1. The molecule has 0 radical (unpaired) electrons. The van der Waals surface area contributed by atoms with E-state index in [0.717, 1.165) is 10.4 Å². The molecule has 228 valence electrons. The number of amides is 4. The van der Waals surface area contributed by atoms with Crippen molar-refractivity contribution in [2.45, 2.75) is 57.4 Å².